The monoisotopic (exact) mass is 352 g/mol. The third-order valence-corrected chi connectivity index (χ3v) is 3.49. The summed E-state index contributed by atoms with van der Waals surface area (Å²) in [6.45, 7) is 0.507. The average Bonchev–Trinajstić information content (AvgIpc) is 2.97. The molecule has 0 aliphatic carbocycles. The van der Waals surface area contributed by atoms with Crippen LogP contribution in [0.25, 0.3) is 0 Å². The van der Waals surface area contributed by atoms with E-state index in [1.54, 1.807) is 12.1 Å². The number of hydrogen-bond donors (Lipinski definition) is 2. The highest BCUT2D eigenvalue weighted by molar-refractivity contribution is 5.92. The van der Waals surface area contributed by atoms with E-state index in [9.17, 15) is 18.0 Å². The number of benzene rings is 1. The Bertz CT molecular complexity index is 506. The van der Waals surface area contributed by atoms with Crippen LogP contribution in [0.3, 0.4) is 0 Å². The van der Waals surface area contributed by atoms with Crippen LogP contribution in [0.1, 0.15) is 19.3 Å². The molecule has 0 bridgehead atoms. The summed E-state index contributed by atoms with van der Waals surface area (Å²) in [6.07, 6.45) is -2.24. The molecule has 2 rings (SSSR count). The van der Waals surface area contributed by atoms with Crippen LogP contribution in [0, 0.1) is 5.92 Å². The maximum atomic E-state index is 12.2. The van der Waals surface area contributed by atoms with Crippen molar-refractivity contribution in [2.24, 2.45) is 5.92 Å². The van der Waals surface area contributed by atoms with E-state index < -0.39 is 12.8 Å². The highest BCUT2D eigenvalue weighted by atomic mass is 35.5. The van der Waals surface area contributed by atoms with E-state index >= 15 is 0 Å². The van der Waals surface area contributed by atoms with Crippen molar-refractivity contribution < 1.29 is 22.7 Å². The number of rotatable bonds is 6. The van der Waals surface area contributed by atoms with Crippen molar-refractivity contribution in [2.45, 2.75) is 25.4 Å². The summed E-state index contributed by atoms with van der Waals surface area (Å²) in [5.74, 6) is 0.299. The van der Waals surface area contributed by atoms with Gasteiger partial charge in [-0.1, -0.05) is 12.1 Å². The van der Waals surface area contributed by atoms with Gasteiger partial charge < -0.3 is 15.4 Å². The van der Waals surface area contributed by atoms with Crippen LogP contribution in [0.2, 0.25) is 0 Å². The molecular formula is C15H20ClF3N2O2. The highest BCUT2D eigenvalue weighted by Crippen LogP contribution is 2.26. The fraction of sp³-hybridized carbons (Fsp3) is 0.533. The summed E-state index contributed by atoms with van der Waals surface area (Å²) >= 11 is 0. The summed E-state index contributed by atoms with van der Waals surface area (Å²) in [7, 11) is 0. The Morgan fingerprint density at radius 3 is 2.74 bits per heavy atom. The second-order valence-corrected chi connectivity index (χ2v) is 5.35. The molecule has 0 spiro atoms. The predicted octanol–water partition coefficient (Wildman–Crippen LogP) is 3.38. The molecule has 1 aliphatic rings. The first-order chi connectivity index (χ1) is 10.4. The third-order valence-electron chi connectivity index (χ3n) is 3.49. The number of halogens is 4. The minimum Gasteiger partial charge on any atom is -0.482 e. The molecule has 0 aromatic heterocycles. The lowest BCUT2D eigenvalue weighted by Gasteiger charge is -2.14. The van der Waals surface area contributed by atoms with Gasteiger partial charge in [-0.25, -0.2) is 0 Å². The van der Waals surface area contributed by atoms with Gasteiger partial charge in [0.05, 0.1) is 5.69 Å². The standard InChI is InChI=1S/C15H19F3N2O2.ClH/c16-15(17,18)10-22-13-4-2-1-3-12(13)20-14(21)6-5-11-7-8-19-9-11;/h1-4,11,19H,5-10H2,(H,20,21);1H. The minimum atomic E-state index is -4.41. The zero-order chi connectivity index (χ0) is 16.0. The van der Waals surface area contributed by atoms with Gasteiger partial charge in [0.1, 0.15) is 5.75 Å². The van der Waals surface area contributed by atoms with E-state index in [2.05, 4.69) is 10.6 Å². The Morgan fingerprint density at radius 1 is 1.35 bits per heavy atom. The summed E-state index contributed by atoms with van der Waals surface area (Å²) in [6, 6.07) is 6.13. The van der Waals surface area contributed by atoms with Crippen LogP contribution >= 0.6 is 12.4 Å². The summed E-state index contributed by atoms with van der Waals surface area (Å²) in [4.78, 5) is 11.9. The van der Waals surface area contributed by atoms with Crippen LogP contribution in [0.5, 0.6) is 5.75 Å². The normalized spacial score (nSPS) is 17.4. The van der Waals surface area contributed by atoms with E-state index in [4.69, 9.17) is 4.74 Å². The fourth-order valence-corrected chi connectivity index (χ4v) is 2.36. The molecule has 8 heteroatoms. The van der Waals surface area contributed by atoms with Gasteiger partial charge in [-0.3, -0.25) is 4.79 Å². The van der Waals surface area contributed by atoms with E-state index in [-0.39, 0.29) is 29.8 Å². The lowest BCUT2D eigenvalue weighted by molar-refractivity contribution is -0.153. The van der Waals surface area contributed by atoms with Gasteiger partial charge in [-0.05, 0) is 44.0 Å². The van der Waals surface area contributed by atoms with Gasteiger partial charge in [-0.2, -0.15) is 13.2 Å². The first kappa shape index (κ1) is 19.6. The Labute approximate surface area is 139 Å². The SMILES string of the molecule is Cl.O=C(CCC1CCNC1)Nc1ccccc1OCC(F)(F)F. The van der Waals surface area contributed by atoms with Crippen molar-refractivity contribution in [3.8, 4) is 5.75 Å². The largest absolute Gasteiger partial charge is 0.482 e. The molecule has 130 valence electrons. The number of amides is 1. The molecule has 1 aliphatic heterocycles. The maximum Gasteiger partial charge on any atom is 0.422 e. The van der Waals surface area contributed by atoms with Gasteiger partial charge in [0, 0.05) is 6.42 Å². The molecule has 0 saturated carbocycles. The first-order valence-electron chi connectivity index (χ1n) is 7.23. The second kappa shape index (κ2) is 8.98. The Morgan fingerprint density at radius 2 is 2.09 bits per heavy atom. The number of hydrogen-bond acceptors (Lipinski definition) is 3. The number of carbonyl (C=O) groups excluding carboxylic acids is 1. The zero-order valence-corrected chi connectivity index (χ0v) is 13.3. The molecule has 1 heterocycles. The van der Waals surface area contributed by atoms with E-state index in [0.29, 0.717) is 12.3 Å². The highest BCUT2D eigenvalue weighted by Gasteiger charge is 2.28. The van der Waals surface area contributed by atoms with E-state index in [0.717, 1.165) is 25.9 Å². The molecule has 4 nitrogen and oxygen atoms in total. The number of alkyl halides is 3. The van der Waals surface area contributed by atoms with Crippen molar-refractivity contribution >= 4 is 24.0 Å². The second-order valence-electron chi connectivity index (χ2n) is 5.35. The van der Waals surface area contributed by atoms with Crippen LogP contribution in [0.4, 0.5) is 18.9 Å². The molecular weight excluding hydrogens is 333 g/mol. The number of ether oxygens (including phenoxy) is 1. The zero-order valence-electron chi connectivity index (χ0n) is 12.5. The van der Waals surface area contributed by atoms with Crippen LogP contribution < -0.4 is 15.4 Å². The summed E-state index contributed by atoms with van der Waals surface area (Å²) < 4.78 is 41.4. The quantitative estimate of drug-likeness (QED) is 0.825. The Balaban J connectivity index is 0.00000264. The molecule has 1 aromatic rings. The van der Waals surface area contributed by atoms with Crippen LogP contribution in [-0.2, 0) is 4.79 Å². The van der Waals surface area contributed by atoms with Crippen molar-refractivity contribution in [1.29, 1.82) is 0 Å². The number of nitrogens with one attached hydrogen (secondary N) is 2. The van der Waals surface area contributed by atoms with Crippen LogP contribution in [-0.4, -0.2) is 31.8 Å². The van der Waals surface area contributed by atoms with Gasteiger partial charge in [0.2, 0.25) is 5.91 Å². The van der Waals surface area contributed by atoms with Gasteiger partial charge >= 0.3 is 6.18 Å². The number of para-hydroxylation sites is 2. The molecule has 1 unspecified atom stereocenters. The fourth-order valence-electron chi connectivity index (χ4n) is 2.36. The number of carbonyl (C=O) groups is 1. The Hall–Kier alpha value is -1.47. The van der Waals surface area contributed by atoms with E-state index in [1.807, 2.05) is 0 Å². The number of anilines is 1. The van der Waals surface area contributed by atoms with Gasteiger partial charge in [0.15, 0.2) is 6.61 Å². The van der Waals surface area contributed by atoms with Crippen molar-refractivity contribution in [2.75, 3.05) is 25.0 Å². The lowest BCUT2D eigenvalue weighted by atomic mass is 10.0. The van der Waals surface area contributed by atoms with Crippen molar-refractivity contribution in [3.05, 3.63) is 24.3 Å². The molecule has 1 saturated heterocycles. The molecule has 1 fully saturated rings. The average molecular weight is 353 g/mol. The lowest BCUT2D eigenvalue weighted by Crippen LogP contribution is -2.20. The minimum absolute atomic E-state index is 0. The van der Waals surface area contributed by atoms with Gasteiger partial charge in [0.25, 0.3) is 0 Å². The van der Waals surface area contributed by atoms with Gasteiger partial charge in [-0.15, -0.1) is 12.4 Å². The molecule has 1 aromatic carbocycles. The first-order valence-corrected chi connectivity index (χ1v) is 7.23. The van der Waals surface area contributed by atoms with Crippen LogP contribution in [0.15, 0.2) is 24.3 Å². The third kappa shape index (κ3) is 7.09. The van der Waals surface area contributed by atoms with E-state index in [1.165, 1.54) is 12.1 Å². The molecule has 1 atom stereocenters. The summed E-state index contributed by atoms with van der Waals surface area (Å²) in [5, 5.41) is 5.85. The summed E-state index contributed by atoms with van der Waals surface area (Å²) in [5.41, 5.74) is 0.265. The van der Waals surface area contributed by atoms with Crippen molar-refractivity contribution in [1.82, 2.24) is 5.32 Å². The topological polar surface area (TPSA) is 50.4 Å². The maximum absolute atomic E-state index is 12.2. The predicted molar refractivity (Wildman–Crippen MR) is 84.1 cm³/mol. The molecule has 1 amide bonds. The molecule has 0 radical (unpaired) electrons. The Kier molecular flexibility index (Phi) is 7.64. The smallest absolute Gasteiger partial charge is 0.422 e. The molecule has 23 heavy (non-hydrogen) atoms. The molecule has 2 N–H and O–H groups in total. The van der Waals surface area contributed by atoms with Crippen molar-refractivity contribution in [3.63, 3.8) is 0 Å².